The number of nitrogens with zero attached hydrogens (tertiary/aromatic N) is 3. The van der Waals surface area contributed by atoms with Crippen molar-refractivity contribution in [3.8, 4) is 0 Å². The van der Waals surface area contributed by atoms with Crippen LogP contribution in [0.3, 0.4) is 0 Å². The lowest BCUT2D eigenvalue weighted by atomic mass is 10.1. The van der Waals surface area contributed by atoms with Crippen molar-refractivity contribution in [1.82, 2.24) is 14.5 Å². The Kier molecular flexibility index (Phi) is 6.45. The predicted molar refractivity (Wildman–Crippen MR) is 114 cm³/mol. The van der Waals surface area contributed by atoms with E-state index in [-0.39, 0.29) is 17.0 Å². The lowest BCUT2D eigenvalue weighted by Gasteiger charge is -2.30. The van der Waals surface area contributed by atoms with Gasteiger partial charge in [0.1, 0.15) is 12.4 Å². The number of halogens is 3. The van der Waals surface area contributed by atoms with Crippen LogP contribution in [-0.2, 0) is 22.5 Å². The van der Waals surface area contributed by atoms with Gasteiger partial charge in [-0.15, -0.1) is 0 Å². The first-order chi connectivity index (χ1) is 15.6. The summed E-state index contributed by atoms with van der Waals surface area (Å²) in [5.41, 5.74) is 0.275. The van der Waals surface area contributed by atoms with Crippen molar-refractivity contribution >= 4 is 22.8 Å². The summed E-state index contributed by atoms with van der Waals surface area (Å²) in [6, 6.07) is 3.75. The van der Waals surface area contributed by atoms with E-state index in [4.69, 9.17) is 4.74 Å². The average Bonchev–Trinajstić information content (AvgIpc) is 3.61. The summed E-state index contributed by atoms with van der Waals surface area (Å²) in [6.45, 7) is 0.0244. The summed E-state index contributed by atoms with van der Waals surface area (Å²) >= 11 is 0. The van der Waals surface area contributed by atoms with E-state index in [0.29, 0.717) is 29.7 Å². The molecule has 178 valence electrons. The number of aromatic nitrogens is 2. The zero-order valence-electron chi connectivity index (χ0n) is 18.4. The highest BCUT2D eigenvalue weighted by Crippen LogP contribution is 2.36. The summed E-state index contributed by atoms with van der Waals surface area (Å²) in [7, 11) is 0. The quantitative estimate of drug-likeness (QED) is 0.611. The van der Waals surface area contributed by atoms with Crippen LogP contribution in [0.2, 0.25) is 0 Å². The topological polar surface area (TPSA) is 81.5 Å². The largest absolute Gasteiger partial charge is 0.452 e. The fourth-order valence-electron chi connectivity index (χ4n) is 4.32. The van der Waals surface area contributed by atoms with Crippen LogP contribution in [0.1, 0.15) is 55.2 Å². The number of hydrogen-bond donors (Lipinski definition) is 0. The van der Waals surface area contributed by atoms with E-state index in [0.717, 1.165) is 37.0 Å². The summed E-state index contributed by atoms with van der Waals surface area (Å²) < 4.78 is 45.6. The minimum atomic E-state index is -4.54. The van der Waals surface area contributed by atoms with Crippen molar-refractivity contribution in [3.63, 3.8) is 0 Å². The van der Waals surface area contributed by atoms with Gasteiger partial charge >= 0.3 is 12.1 Å². The van der Waals surface area contributed by atoms with Gasteiger partial charge in [0.05, 0.1) is 16.5 Å². The van der Waals surface area contributed by atoms with Gasteiger partial charge in [0, 0.05) is 19.0 Å². The van der Waals surface area contributed by atoms with E-state index in [1.807, 2.05) is 0 Å². The van der Waals surface area contributed by atoms with Gasteiger partial charge in [0.15, 0.2) is 6.61 Å². The molecule has 1 amide bonds. The number of benzene rings is 1. The maximum Gasteiger partial charge on any atom is 0.406 e. The molecule has 0 saturated heterocycles. The van der Waals surface area contributed by atoms with E-state index in [2.05, 4.69) is 4.98 Å². The van der Waals surface area contributed by atoms with Crippen LogP contribution >= 0.6 is 0 Å². The van der Waals surface area contributed by atoms with Gasteiger partial charge in [0.25, 0.3) is 11.5 Å². The number of ether oxygens (including phenoxy) is 1. The third-order valence-electron chi connectivity index (χ3n) is 6.34. The number of amides is 1. The molecule has 33 heavy (non-hydrogen) atoms. The highest BCUT2D eigenvalue weighted by molar-refractivity contribution is 5.95. The van der Waals surface area contributed by atoms with E-state index in [1.54, 1.807) is 11.5 Å². The molecule has 2 heterocycles. The minimum absolute atomic E-state index is 0.0350. The highest BCUT2D eigenvalue weighted by Gasteiger charge is 2.40. The summed E-state index contributed by atoms with van der Waals surface area (Å²) in [5.74, 6) is -1.04. The standard InChI is InChI=1S/C23H26F3N3O4/c1-14(15-6-7-15)29(13-23(24,25)26)20(30)12-33-22(32)16-8-9-17-18(11-16)27-19-5-3-2-4-10-28(19)21(17)31/h8-9,11,14-15H,2-7,10,12-13H2,1H3. The van der Waals surface area contributed by atoms with Crippen LogP contribution in [-0.4, -0.2) is 51.7 Å². The van der Waals surface area contributed by atoms with Crippen molar-refractivity contribution in [1.29, 1.82) is 0 Å². The Labute approximate surface area is 188 Å². The van der Waals surface area contributed by atoms with Gasteiger partial charge in [-0.3, -0.25) is 14.2 Å². The molecule has 0 radical (unpaired) electrons. The van der Waals surface area contributed by atoms with Crippen LogP contribution in [0, 0.1) is 5.92 Å². The van der Waals surface area contributed by atoms with E-state index in [1.165, 1.54) is 18.2 Å². The molecule has 1 saturated carbocycles. The molecule has 1 fully saturated rings. The van der Waals surface area contributed by atoms with Crippen LogP contribution in [0.15, 0.2) is 23.0 Å². The fraction of sp³-hybridized carbons (Fsp3) is 0.565. The van der Waals surface area contributed by atoms with Crippen LogP contribution in [0.5, 0.6) is 0 Å². The van der Waals surface area contributed by atoms with Gasteiger partial charge < -0.3 is 9.64 Å². The smallest absolute Gasteiger partial charge is 0.406 e. The van der Waals surface area contributed by atoms with Gasteiger partial charge in [-0.2, -0.15) is 13.2 Å². The van der Waals surface area contributed by atoms with Crippen molar-refractivity contribution in [2.24, 2.45) is 5.92 Å². The SMILES string of the molecule is CC(C1CC1)N(CC(F)(F)F)C(=O)COC(=O)c1ccc2c(=O)n3c(nc2c1)CCCCC3. The Morgan fingerprint density at radius 1 is 1.24 bits per heavy atom. The average molecular weight is 465 g/mol. The number of alkyl halides is 3. The molecule has 7 nitrogen and oxygen atoms in total. The number of carbonyl (C=O) groups is 2. The molecule has 2 aliphatic rings. The van der Waals surface area contributed by atoms with E-state index >= 15 is 0 Å². The summed E-state index contributed by atoms with van der Waals surface area (Å²) in [6.07, 6.45) is 0.516. The summed E-state index contributed by atoms with van der Waals surface area (Å²) in [5, 5.41) is 0.378. The molecule has 1 atom stereocenters. The number of rotatable bonds is 6. The third kappa shape index (κ3) is 5.36. The van der Waals surface area contributed by atoms with Gasteiger partial charge in [0.2, 0.25) is 0 Å². The molecule has 10 heteroatoms. The van der Waals surface area contributed by atoms with Crippen LogP contribution in [0.25, 0.3) is 10.9 Å². The number of hydrogen-bond acceptors (Lipinski definition) is 5. The first-order valence-electron chi connectivity index (χ1n) is 11.2. The molecule has 0 bridgehead atoms. The van der Waals surface area contributed by atoms with Gasteiger partial charge in [-0.25, -0.2) is 9.78 Å². The molecule has 0 N–H and O–H groups in total. The van der Waals surface area contributed by atoms with Crippen molar-refractivity contribution < 1.29 is 27.5 Å². The van der Waals surface area contributed by atoms with Crippen molar-refractivity contribution in [3.05, 3.63) is 39.9 Å². The molecule has 1 aromatic heterocycles. The second-order valence-corrected chi connectivity index (χ2v) is 8.82. The molecule has 1 aromatic carbocycles. The first-order valence-corrected chi connectivity index (χ1v) is 11.2. The molecular formula is C23H26F3N3O4. The molecule has 4 rings (SSSR count). The Balaban J connectivity index is 1.49. The van der Waals surface area contributed by atoms with Gasteiger partial charge in [-0.1, -0.05) is 6.42 Å². The first kappa shape index (κ1) is 23.3. The normalized spacial score (nSPS) is 17.2. The minimum Gasteiger partial charge on any atom is -0.452 e. The zero-order valence-corrected chi connectivity index (χ0v) is 18.4. The molecule has 2 aromatic rings. The Morgan fingerprint density at radius 3 is 2.70 bits per heavy atom. The molecule has 1 aliphatic heterocycles. The van der Waals surface area contributed by atoms with E-state index < -0.39 is 37.2 Å². The molecule has 0 spiro atoms. The Bertz CT molecular complexity index is 1120. The lowest BCUT2D eigenvalue weighted by Crippen LogP contribution is -2.47. The van der Waals surface area contributed by atoms with Crippen molar-refractivity contribution in [2.75, 3.05) is 13.2 Å². The van der Waals surface area contributed by atoms with E-state index in [9.17, 15) is 27.6 Å². The van der Waals surface area contributed by atoms with Crippen LogP contribution in [0.4, 0.5) is 13.2 Å². The maximum atomic E-state index is 13.0. The number of fused-ring (bicyclic) bond motifs is 2. The zero-order chi connectivity index (χ0) is 23.8. The highest BCUT2D eigenvalue weighted by atomic mass is 19.4. The molecule has 1 unspecified atom stereocenters. The lowest BCUT2D eigenvalue weighted by molar-refractivity contribution is -0.167. The fourth-order valence-corrected chi connectivity index (χ4v) is 4.32. The molecular weight excluding hydrogens is 439 g/mol. The third-order valence-corrected chi connectivity index (χ3v) is 6.34. The Morgan fingerprint density at radius 2 is 2.00 bits per heavy atom. The number of esters is 1. The van der Waals surface area contributed by atoms with Crippen molar-refractivity contribution in [2.45, 2.75) is 64.2 Å². The van der Waals surface area contributed by atoms with Gasteiger partial charge in [-0.05, 0) is 56.7 Å². The number of aryl methyl sites for hydroxylation is 1. The summed E-state index contributed by atoms with van der Waals surface area (Å²) in [4.78, 5) is 43.1. The van der Waals surface area contributed by atoms with Crippen LogP contribution < -0.4 is 5.56 Å². The Hall–Kier alpha value is -2.91. The number of carbonyl (C=O) groups excluding carboxylic acids is 2. The monoisotopic (exact) mass is 465 g/mol. The maximum absolute atomic E-state index is 13.0. The molecule has 1 aliphatic carbocycles. The predicted octanol–water partition coefficient (Wildman–Crippen LogP) is 3.47. The second-order valence-electron chi connectivity index (χ2n) is 8.82. The second kappa shape index (κ2) is 9.15.